The van der Waals surface area contributed by atoms with Crippen LogP contribution >= 0.6 is 0 Å². The molecule has 4 rings (SSSR count). The lowest BCUT2D eigenvalue weighted by Crippen LogP contribution is -2.50. The lowest BCUT2D eigenvalue weighted by molar-refractivity contribution is -0.166. The van der Waals surface area contributed by atoms with Crippen molar-refractivity contribution in [2.24, 2.45) is 23.7 Å². The minimum absolute atomic E-state index is 0.0102. The molecule has 6 heteroatoms. The number of amides is 1. The van der Waals surface area contributed by atoms with Crippen molar-refractivity contribution < 1.29 is 23.9 Å². The second-order valence-corrected chi connectivity index (χ2v) is 8.73. The second kappa shape index (κ2) is 6.95. The fourth-order valence-corrected chi connectivity index (χ4v) is 5.60. The molecule has 0 spiro atoms. The van der Waals surface area contributed by atoms with Crippen LogP contribution in [0, 0.1) is 23.7 Å². The van der Waals surface area contributed by atoms with Gasteiger partial charge in [-0.05, 0) is 37.5 Å². The Morgan fingerprint density at radius 3 is 2.69 bits per heavy atom. The van der Waals surface area contributed by atoms with Crippen LogP contribution in [0.3, 0.4) is 0 Å². The Hall–Kier alpha value is -1.43. The summed E-state index contributed by atoms with van der Waals surface area (Å²) in [6.07, 6.45) is 4.66. The zero-order chi connectivity index (χ0) is 18.4. The van der Waals surface area contributed by atoms with E-state index in [2.05, 4.69) is 12.2 Å². The van der Waals surface area contributed by atoms with Gasteiger partial charge in [-0.3, -0.25) is 14.4 Å². The molecule has 6 nitrogen and oxygen atoms in total. The summed E-state index contributed by atoms with van der Waals surface area (Å²) in [4.78, 5) is 36.7. The average Bonchev–Trinajstić information content (AvgIpc) is 2.92. The Labute approximate surface area is 154 Å². The fourth-order valence-electron chi connectivity index (χ4n) is 5.60. The molecule has 2 heterocycles. The first-order valence-electron chi connectivity index (χ1n) is 10.1. The molecule has 0 aromatic heterocycles. The van der Waals surface area contributed by atoms with Crippen LogP contribution in [0.15, 0.2) is 0 Å². The first-order valence-corrected chi connectivity index (χ1v) is 10.1. The molecule has 2 saturated heterocycles. The molecule has 4 fully saturated rings. The third-order valence-corrected chi connectivity index (χ3v) is 7.00. The van der Waals surface area contributed by atoms with Gasteiger partial charge in [-0.15, -0.1) is 0 Å². The van der Waals surface area contributed by atoms with Crippen LogP contribution in [-0.2, 0) is 23.9 Å². The number of nitrogens with one attached hydrogen (secondary N) is 1. The van der Waals surface area contributed by atoms with E-state index in [0.717, 1.165) is 25.7 Å². The Morgan fingerprint density at radius 1 is 1.12 bits per heavy atom. The molecule has 2 aliphatic heterocycles. The van der Waals surface area contributed by atoms with E-state index in [9.17, 15) is 14.4 Å². The SMILES string of the molecule is CC1CC(=O)OC2CC(NC(=O)C3OC4CCCC(=O)C4C3C)CCC12. The van der Waals surface area contributed by atoms with Crippen molar-refractivity contribution >= 4 is 17.7 Å². The van der Waals surface area contributed by atoms with Gasteiger partial charge >= 0.3 is 5.97 Å². The smallest absolute Gasteiger partial charge is 0.306 e. The summed E-state index contributed by atoms with van der Waals surface area (Å²) in [5.41, 5.74) is 0. The third-order valence-electron chi connectivity index (χ3n) is 7.00. The molecule has 0 aromatic rings. The zero-order valence-electron chi connectivity index (χ0n) is 15.6. The number of hydrogen-bond donors (Lipinski definition) is 1. The minimum atomic E-state index is -0.544. The Bertz CT molecular complexity index is 605. The Balaban J connectivity index is 1.37. The molecule has 2 aliphatic carbocycles. The van der Waals surface area contributed by atoms with Crippen LogP contribution in [0.4, 0.5) is 0 Å². The summed E-state index contributed by atoms with van der Waals surface area (Å²) in [6.45, 7) is 4.07. The predicted octanol–water partition coefficient (Wildman–Crippen LogP) is 2.00. The highest BCUT2D eigenvalue weighted by Gasteiger charge is 2.50. The molecule has 1 N–H and O–H groups in total. The van der Waals surface area contributed by atoms with E-state index in [1.807, 2.05) is 6.92 Å². The molecule has 0 bridgehead atoms. The molecular weight excluding hydrogens is 334 g/mol. The van der Waals surface area contributed by atoms with E-state index in [1.54, 1.807) is 0 Å². The number of hydrogen-bond acceptors (Lipinski definition) is 5. The third kappa shape index (κ3) is 3.17. The van der Waals surface area contributed by atoms with Crippen molar-refractivity contribution in [2.75, 3.05) is 0 Å². The van der Waals surface area contributed by atoms with Gasteiger partial charge in [-0.25, -0.2) is 0 Å². The van der Waals surface area contributed by atoms with Gasteiger partial charge in [0.2, 0.25) is 5.91 Å². The Kier molecular flexibility index (Phi) is 4.80. The van der Waals surface area contributed by atoms with E-state index in [1.165, 1.54) is 0 Å². The fraction of sp³-hybridized carbons (Fsp3) is 0.850. The van der Waals surface area contributed by atoms with E-state index in [-0.39, 0.29) is 47.7 Å². The maximum absolute atomic E-state index is 12.8. The van der Waals surface area contributed by atoms with E-state index >= 15 is 0 Å². The number of rotatable bonds is 2. The van der Waals surface area contributed by atoms with E-state index in [4.69, 9.17) is 9.47 Å². The van der Waals surface area contributed by atoms with Crippen molar-refractivity contribution in [1.82, 2.24) is 5.32 Å². The second-order valence-electron chi connectivity index (χ2n) is 8.73. The maximum atomic E-state index is 12.8. The molecule has 0 aromatic carbocycles. The molecule has 4 aliphatic rings. The lowest BCUT2D eigenvalue weighted by atomic mass is 9.74. The van der Waals surface area contributed by atoms with Gasteiger partial charge in [-0.1, -0.05) is 13.8 Å². The standard InChI is InChI=1S/C20H29NO5/c1-10-8-17(23)25-16-9-12(6-7-13(10)16)21-20(24)19-11(2)18-14(22)4-3-5-15(18)26-19/h10-13,15-16,18-19H,3-9H2,1-2H3,(H,21,24). The summed E-state index contributed by atoms with van der Waals surface area (Å²) >= 11 is 0. The van der Waals surface area contributed by atoms with Crippen molar-refractivity contribution in [3.63, 3.8) is 0 Å². The summed E-state index contributed by atoms with van der Waals surface area (Å²) in [5.74, 6) is 0.562. The van der Waals surface area contributed by atoms with Crippen molar-refractivity contribution in [3.8, 4) is 0 Å². The van der Waals surface area contributed by atoms with Crippen molar-refractivity contribution in [1.29, 1.82) is 0 Å². The van der Waals surface area contributed by atoms with Gasteiger partial charge < -0.3 is 14.8 Å². The Morgan fingerprint density at radius 2 is 1.92 bits per heavy atom. The topological polar surface area (TPSA) is 81.7 Å². The number of ether oxygens (including phenoxy) is 2. The van der Waals surface area contributed by atoms with Crippen molar-refractivity contribution in [3.05, 3.63) is 0 Å². The quantitative estimate of drug-likeness (QED) is 0.759. The predicted molar refractivity (Wildman–Crippen MR) is 93.1 cm³/mol. The van der Waals surface area contributed by atoms with Crippen molar-refractivity contribution in [2.45, 2.75) is 83.1 Å². The van der Waals surface area contributed by atoms with Gasteiger partial charge in [0, 0.05) is 37.1 Å². The minimum Gasteiger partial charge on any atom is -0.462 e. The highest BCUT2D eigenvalue weighted by Crippen LogP contribution is 2.41. The number of carbonyl (C=O) groups excluding carboxylic acids is 3. The highest BCUT2D eigenvalue weighted by atomic mass is 16.5. The molecule has 2 saturated carbocycles. The lowest BCUT2D eigenvalue weighted by Gasteiger charge is -2.42. The molecule has 8 unspecified atom stereocenters. The largest absolute Gasteiger partial charge is 0.462 e. The number of carbonyl (C=O) groups is 3. The van der Waals surface area contributed by atoms with Gasteiger partial charge in [0.25, 0.3) is 0 Å². The van der Waals surface area contributed by atoms with Gasteiger partial charge in [0.05, 0.1) is 6.10 Å². The molecule has 0 radical (unpaired) electrons. The van der Waals surface area contributed by atoms with Gasteiger partial charge in [0.15, 0.2) is 0 Å². The van der Waals surface area contributed by atoms with Crippen LogP contribution in [0.25, 0.3) is 0 Å². The highest BCUT2D eigenvalue weighted by molar-refractivity contribution is 5.87. The monoisotopic (exact) mass is 363 g/mol. The summed E-state index contributed by atoms with van der Waals surface area (Å²) in [7, 11) is 0. The number of Topliss-reactive ketones (excluding diaryl/α,β-unsaturated/α-hetero) is 1. The first-order chi connectivity index (χ1) is 12.4. The van der Waals surface area contributed by atoms with Crippen LogP contribution in [-0.4, -0.2) is 42.0 Å². The zero-order valence-corrected chi connectivity index (χ0v) is 15.6. The van der Waals surface area contributed by atoms with Crippen LogP contribution in [0.2, 0.25) is 0 Å². The molecule has 144 valence electrons. The van der Waals surface area contributed by atoms with Gasteiger partial charge in [-0.2, -0.15) is 0 Å². The first kappa shape index (κ1) is 18.0. The van der Waals surface area contributed by atoms with E-state index in [0.29, 0.717) is 31.1 Å². The summed E-state index contributed by atoms with van der Waals surface area (Å²) in [5, 5.41) is 3.11. The number of fused-ring (bicyclic) bond motifs is 2. The average molecular weight is 363 g/mol. The summed E-state index contributed by atoms with van der Waals surface area (Å²) in [6, 6.07) is 0.0102. The van der Waals surface area contributed by atoms with Crippen LogP contribution < -0.4 is 5.32 Å². The maximum Gasteiger partial charge on any atom is 0.306 e. The molecule has 26 heavy (non-hydrogen) atoms. The normalized spacial score (nSPS) is 45.5. The number of ketones is 1. The molecule has 1 amide bonds. The van der Waals surface area contributed by atoms with Gasteiger partial charge in [0.1, 0.15) is 18.0 Å². The van der Waals surface area contributed by atoms with Crippen LogP contribution in [0.1, 0.15) is 58.8 Å². The number of esters is 1. The molecule has 8 atom stereocenters. The summed E-state index contributed by atoms with van der Waals surface area (Å²) < 4.78 is 11.5. The van der Waals surface area contributed by atoms with Crippen LogP contribution in [0.5, 0.6) is 0 Å². The van der Waals surface area contributed by atoms with E-state index < -0.39 is 6.10 Å². The molecular formula is C20H29NO5.